The first-order valence-corrected chi connectivity index (χ1v) is 10.2. The molecule has 0 radical (unpaired) electrons. The topological polar surface area (TPSA) is 43.4 Å². The zero-order chi connectivity index (χ0) is 22.7. The second kappa shape index (κ2) is 19.0. The lowest BCUT2D eigenvalue weighted by Gasteiger charge is -2.05. The predicted octanol–water partition coefficient (Wildman–Crippen LogP) is 7.30. The molecule has 0 unspecified atom stereocenters. The maximum atomic E-state index is 13.5. The van der Waals surface area contributed by atoms with Gasteiger partial charge in [0.15, 0.2) is 17.9 Å². The lowest BCUT2D eigenvalue weighted by atomic mass is 10.0. The molecule has 5 heteroatoms. The summed E-state index contributed by atoms with van der Waals surface area (Å²) in [6.07, 6.45) is 14.5. The van der Waals surface area contributed by atoms with Crippen LogP contribution in [0.5, 0.6) is 0 Å². The highest BCUT2D eigenvalue weighted by Gasteiger charge is 2.13. The Balaban J connectivity index is 0. The third-order valence-corrected chi connectivity index (χ3v) is 3.99. The number of benzene rings is 1. The molecule has 0 spiro atoms. The van der Waals surface area contributed by atoms with Crippen molar-refractivity contribution in [1.29, 1.82) is 0 Å². The summed E-state index contributed by atoms with van der Waals surface area (Å²) in [5, 5.41) is 0. The molecule has 1 aliphatic carbocycles. The number of aldehydes is 1. The van der Waals surface area contributed by atoms with Gasteiger partial charge in [0.2, 0.25) is 0 Å². The van der Waals surface area contributed by atoms with Crippen molar-refractivity contribution < 1.29 is 23.1 Å². The standard InChI is InChI=1S/C13H12F2O.C6H12.C3H6O2.C2H6/c1-3-4-5-9(2)11-7-6-10(8-16)12(14)13(11)15;1-2-4-6-5-3-1;1-3(4)5-2;1-2/h3-8H,1-2H3;1-6H2;1-2H3;1-2H3/b4-3-,9-5+;;;. The number of carbonyl (C=O) groups excluding carboxylic acids is 2. The maximum Gasteiger partial charge on any atom is 0.302 e. The van der Waals surface area contributed by atoms with E-state index in [1.54, 1.807) is 25.2 Å². The van der Waals surface area contributed by atoms with Gasteiger partial charge in [0, 0.05) is 12.5 Å². The van der Waals surface area contributed by atoms with Crippen molar-refractivity contribution in [3.8, 4) is 0 Å². The Morgan fingerprint density at radius 2 is 1.41 bits per heavy atom. The van der Waals surface area contributed by atoms with Gasteiger partial charge in [0.05, 0.1) is 12.7 Å². The summed E-state index contributed by atoms with van der Waals surface area (Å²) in [6.45, 7) is 8.87. The fraction of sp³-hybridized carbons (Fsp3) is 0.500. The van der Waals surface area contributed by atoms with Crippen LogP contribution in [0, 0.1) is 11.6 Å². The monoisotopic (exact) mass is 410 g/mol. The largest absolute Gasteiger partial charge is 0.469 e. The third-order valence-electron chi connectivity index (χ3n) is 3.99. The molecule has 0 atom stereocenters. The molecule has 3 nitrogen and oxygen atoms in total. The number of allylic oxidation sites excluding steroid dienone is 4. The highest BCUT2D eigenvalue weighted by Crippen LogP contribution is 2.22. The summed E-state index contributed by atoms with van der Waals surface area (Å²) in [5.74, 6) is -2.33. The fourth-order valence-electron chi connectivity index (χ4n) is 2.35. The molecule has 164 valence electrons. The number of hydrogen-bond acceptors (Lipinski definition) is 3. The molecule has 1 aromatic carbocycles. The summed E-state index contributed by atoms with van der Waals surface area (Å²) in [4.78, 5) is 20.0. The van der Waals surface area contributed by atoms with E-state index in [4.69, 9.17) is 0 Å². The van der Waals surface area contributed by atoms with Crippen LogP contribution in [0.3, 0.4) is 0 Å². The zero-order valence-electron chi connectivity index (χ0n) is 18.7. The van der Waals surface area contributed by atoms with Crippen molar-refractivity contribution in [3.05, 3.63) is 53.1 Å². The van der Waals surface area contributed by atoms with Crippen LogP contribution in [-0.2, 0) is 9.53 Å². The minimum absolute atomic E-state index is 0.168. The Morgan fingerprint density at radius 3 is 1.76 bits per heavy atom. The van der Waals surface area contributed by atoms with Gasteiger partial charge in [-0.25, -0.2) is 8.78 Å². The highest BCUT2D eigenvalue weighted by molar-refractivity contribution is 5.77. The van der Waals surface area contributed by atoms with E-state index in [1.165, 1.54) is 64.7 Å². The summed E-state index contributed by atoms with van der Waals surface area (Å²) in [6, 6.07) is 2.67. The molecule has 1 saturated carbocycles. The number of esters is 1. The van der Waals surface area contributed by atoms with E-state index in [0.717, 1.165) is 0 Å². The van der Waals surface area contributed by atoms with E-state index in [2.05, 4.69) is 4.74 Å². The minimum atomic E-state index is -1.10. The Morgan fingerprint density at radius 1 is 0.966 bits per heavy atom. The normalized spacial score (nSPS) is 13.0. The molecule has 0 aromatic heterocycles. The highest BCUT2D eigenvalue weighted by atomic mass is 19.2. The van der Waals surface area contributed by atoms with Crippen LogP contribution >= 0.6 is 0 Å². The van der Waals surface area contributed by atoms with Crippen molar-refractivity contribution in [1.82, 2.24) is 0 Å². The third kappa shape index (κ3) is 13.5. The molecule has 2 rings (SSSR count). The van der Waals surface area contributed by atoms with Crippen molar-refractivity contribution in [2.45, 2.75) is 73.1 Å². The Hall–Kier alpha value is -2.30. The van der Waals surface area contributed by atoms with E-state index in [0.29, 0.717) is 11.9 Å². The first-order valence-electron chi connectivity index (χ1n) is 10.2. The quantitative estimate of drug-likeness (QED) is 0.298. The summed E-state index contributed by atoms with van der Waals surface area (Å²) >= 11 is 0. The molecule has 1 aliphatic rings. The molecule has 1 aromatic rings. The number of ether oxygens (including phenoxy) is 1. The van der Waals surface area contributed by atoms with Crippen LogP contribution in [0.2, 0.25) is 0 Å². The lowest BCUT2D eigenvalue weighted by molar-refractivity contribution is -0.137. The van der Waals surface area contributed by atoms with Crippen molar-refractivity contribution in [2.75, 3.05) is 7.11 Å². The van der Waals surface area contributed by atoms with E-state index in [1.807, 2.05) is 20.8 Å². The average Bonchev–Trinajstić information content (AvgIpc) is 2.77. The molecule has 0 amide bonds. The van der Waals surface area contributed by atoms with E-state index >= 15 is 0 Å². The first-order chi connectivity index (χ1) is 13.9. The fourth-order valence-corrected chi connectivity index (χ4v) is 2.35. The zero-order valence-corrected chi connectivity index (χ0v) is 18.7. The van der Waals surface area contributed by atoms with Gasteiger partial charge in [0.25, 0.3) is 0 Å². The molecule has 29 heavy (non-hydrogen) atoms. The van der Waals surface area contributed by atoms with E-state index in [-0.39, 0.29) is 17.1 Å². The smallest absolute Gasteiger partial charge is 0.302 e. The van der Waals surface area contributed by atoms with Crippen LogP contribution in [-0.4, -0.2) is 19.4 Å². The lowest BCUT2D eigenvalue weighted by Crippen LogP contribution is -1.97. The van der Waals surface area contributed by atoms with Gasteiger partial charge in [0.1, 0.15) is 0 Å². The number of halogens is 2. The Bertz CT molecular complexity index is 634. The molecule has 1 fully saturated rings. The van der Waals surface area contributed by atoms with E-state index < -0.39 is 11.6 Å². The minimum Gasteiger partial charge on any atom is -0.469 e. The molecule has 0 heterocycles. The van der Waals surface area contributed by atoms with Crippen LogP contribution in [0.15, 0.2) is 30.4 Å². The number of carbonyl (C=O) groups is 2. The maximum absolute atomic E-state index is 13.5. The van der Waals surface area contributed by atoms with Crippen LogP contribution in [0.4, 0.5) is 8.78 Å². The second-order valence-corrected chi connectivity index (χ2v) is 6.14. The predicted molar refractivity (Wildman–Crippen MR) is 117 cm³/mol. The first kappa shape index (κ1) is 28.9. The number of hydrogen-bond donors (Lipinski definition) is 0. The van der Waals surface area contributed by atoms with Gasteiger partial charge in [-0.3, -0.25) is 9.59 Å². The van der Waals surface area contributed by atoms with Crippen LogP contribution in [0.1, 0.15) is 89.1 Å². The van der Waals surface area contributed by atoms with Crippen molar-refractivity contribution in [2.24, 2.45) is 0 Å². The summed E-state index contributed by atoms with van der Waals surface area (Å²) in [7, 11) is 1.35. The molecule has 0 saturated heterocycles. The Kier molecular flexibility index (Phi) is 19.0. The molecule has 0 bridgehead atoms. The van der Waals surface area contributed by atoms with E-state index in [9.17, 15) is 18.4 Å². The Labute approximate surface area is 174 Å². The molecular weight excluding hydrogens is 374 g/mol. The van der Waals surface area contributed by atoms with Gasteiger partial charge in [-0.05, 0) is 25.5 Å². The summed E-state index contributed by atoms with van der Waals surface area (Å²) in [5.41, 5.74) is 0.508. The van der Waals surface area contributed by atoms with Gasteiger partial charge in [-0.1, -0.05) is 76.7 Å². The average molecular weight is 411 g/mol. The SMILES string of the molecule is C/C=C\C=C(/C)c1ccc(C=O)c(F)c1F.C1CCCCC1.CC.COC(C)=O. The number of rotatable bonds is 3. The van der Waals surface area contributed by atoms with Gasteiger partial charge >= 0.3 is 5.97 Å². The van der Waals surface area contributed by atoms with Crippen molar-refractivity contribution in [3.63, 3.8) is 0 Å². The molecule has 0 aliphatic heterocycles. The second-order valence-electron chi connectivity index (χ2n) is 6.14. The molecule has 0 N–H and O–H groups in total. The van der Waals surface area contributed by atoms with Gasteiger partial charge in [-0.15, -0.1) is 0 Å². The van der Waals surface area contributed by atoms with Gasteiger partial charge < -0.3 is 4.74 Å². The van der Waals surface area contributed by atoms with Crippen LogP contribution < -0.4 is 0 Å². The van der Waals surface area contributed by atoms with Crippen molar-refractivity contribution >= 4 is 17.8 Å². The summed E-state index contributed by atoms with van der Waals surface area (Å²) < 4.78 is 30.9. The van der Waals surface area contributed by atoms with Crippen LogP contribution in [0.25, 0.3) is 5.57 Å². The molecular formula is C24H36F2O3. The number of methoxy groups -OCH3 is 1. The van der Waals surface area contributed by atoms with Gasteiger partial charge in [-0.2, -0.15) is 0 Å².